The third-order valence-corrected chi connectivity index (χ3v) is 2.38. The zero-order valence-corrected chi connectivity index (χ0v) is 10.3. The number of benzene rings is 1. The van der Waals surface area contributed by atoms with Crippen LogP contribution in [0.15, 0.2) is 18.2 Å². The minimum atomic E-state index is -0.527. The van der Waals surface area contributed by atoms with Gasteiger partial charge in [0.15, 0.2) is 0 Å². The molecule has 0 atom stereocenters. The number of hydrogen-bond acceptors (Lipinski definition) is 5. The maximum Gasteiger partial charge on any atom is 0.309 e. The van der Waals surface area contributed by atoms with Crippen LogP contribution >= 0.6 is 0 Å². The highest BCUT2D eigenvalue weighted by atomic mass is 16.6. The molecule has 0 aliphatic rings. The lowest BCUT2D eigenvalue weighted by atomic mass is 10.1. The number of nitro benzene ring substituents is 1. The Hall–Kier alpha value is -2.13. The van der Waals surface area contributed by atoms with Crippen molar-refractivity contribution < 1.29 is 4.92 Å². The molecule has 0 radical (unpaired) electrons. The second-order valence-corrected chi connectivity index (χ2v) is 3.75. The molecule has 0 saturated carbocycles. The fourth-order valence-electron chi connectivity index (χ4n) is 1.56. The van der Waals surface area contributed by atoms with E-state index in [9.17, 15) is 10.1 Å². The molecule has 1 aromatic rings. The predicted octanol–water partition coefficient (Wildman–Crippen LogP) is 1.88. The number of nitrogens with zero attached hydrogens (tertiary/aromatic N) is 2. The van der Waals surface area contributed by atoms with Crippen molar-refractivity contribution >= 4 is 11.4 Å². The van der Waals surface area contributed by atoms with Gasteiger partial charge in [0.1, 0.15) is 17.3 Å². The minimum Gasteiger partial charge on any atom is -0.378 e. The van der Waals surface area contributed by atoms with Crippen molar-refractivity contribution in [1.29, 1.82) is 5.26 Å². The average Bonchev–Trinajstić information content (AvgIpc) is 2.37. The Morgan fingerprint density at radius 3 is 2.78 bits per heavy atom. The quantitative estimate of drug-likeness (QED) is 0.436. The van der Waals surface area contributed by atoms with Crippen LogP contribution in [0.3, 0.4) is 0 Å². The second kappa shape index (κ2) is 7.25. The topological polar surface area (TPSA) is 91.0 Å². The number of anilines is 1. The molecule has 18 heavy (non-hydrogen) atoms. The molecular formula is C12H16N4O2. The third-order valence-electron chi connectivity index (χ3n) is 2.38. The predicted molar refractivity (Wildman–Crippen MR) is 69.5 cm³/mol. The highest BCUT2D eigenvalue weighted by Crippen LogP contribution is 2.27. The van der Waals surface area contributed by atoms with Gasteiger partial charge in [-0.2, -0.15) is 5.26 Å². The Balaban J connectivity index is 2.71. The molecule has 1 aromatic carbocycles. The molecule has 0 aliphatic heterocycles. The molecule has 1 rings (SSSR count). The second-order valence-electron chi connectivity index (χ2n) is 3.75. The summed E-state index contributed by atoms with van der Waals surface area (Å²) in [6, 6.07) is 6.52. The number of rotatable bonds is 7. The number of nitriles is 1. The Labute approximate surface area is 106 Å². The number of nitro groups is 1. The molecule has 0 saturated heterocycles. The van der Waals surface area contributed by atoms with Crippen molar-refractivity contribution in [3.63, 3.8) is 0 Å². The molecule has 0 spiro atoms. The largest absolute Gasteiger partial charge is 0.378 e. The van der Waals surface area contributed by atoms with E-state index in [2.05, 4.69) is 17.6 Å². The third kappa shape index (κ3) is 3.71. The number of hydrogen-bond donors (Lipinski definition) is 2. The van der Waals surface area contributed by atoms with Crippen molar-refractivity contribution in [3.05, 3.63) is 33.9 Å². The van der Waals surface area contributed by atoms with Crippen LogP contribution in [0, 0.1) is 21.4 Å². The van der Waals surface area contributed by atoms with Gasteiger partial charge in [0, 0.05) is 13.1 Å². The van der Waals surface area contributed by atoms with E-state index < -0.39 is 4.92 Å². The summed E-state index contributed by atoms with van der Waals surface area (Å²) in [4.78, 5) is 10.4. The van der Waals surface area contributed by atoms with E-state index >= 15 is 0 Å². The van der Waals surface area contributed by atoms with Gasteiger partial charge in [0.2, 0.25) is 0 Å². The summed E-state index contributed by atoms with van der Waals surface area (Å²) in [5.41, 5.74) is 0.305. The van der Waals surface area contributed by atoms with Crippen LogP contribution in [-0.2, 0) is 0 Å². The molecule has 0 aromatic heterocycles. The van der Waals surface area contributed by atoms with Gasteiger partial charge in [0.05, 0.1) is 4.92 Å². The monoisotopic (exact) mass is 248 g/mol. The first kappa shape index (κ1) is 13.9. The molecule has 0 heterocycles. The van der Waals surface area contributed by atoms with Crippen molar-refractivity contribution in [3.8, 4) is 6.07 Å². The van der Waals surface area contributed by atoms with Gasteiger partial charge in [-0.1, -0.05) is 13.0 Å². The molecular weight excluding hydrogens is 232 g/mol. The standard InChI is InChI=1S/C12H16N4O2/c1-2-6-14-7-8-15-11-5-3-4-10(9-13)12(11)16(17)18/h3-5,14-15H,2,6-8H2,1H3. The first-order chi connectivity index (χ1) is 8.70. The van der Waals surface area contributed by atoms with Crippen molar-refractivity contribution in [2.75, 3.05) is 25.0 Å². The van der Waals surface area contributed by atoms with E-state index in [-0.39, 0.29) is 11.3 Å². The molecule has 0 amide bonds. The molecule has 2 N–H and O–H groups in total. The van der Waals surface area contributed by atoms with Gasteiger partial charge in [-0.3, -0.25) is 10.1 Å². The van der Waals surface area contributed by atoms with Gasteiger partial charge >= 0.3 is 5.69 Å². The fourth-order valence-corrected chi connectivity index (χ4v) is 1.56. The zero-order valence-electron chi connectivity index (χ0n) is 10.3. The van der Waals surface area contributed by atoms with Gasteiger partial charge < -0.3 is 10.6 Å². The van der Waals surface area contributed by atoms with E-state index in [0.717, 1.165) is 19.5 Å². The molecule has 6 nitrogen and oxygen atoms in total. The van der Waals surface area contributed by atoms with Crippen molar-refractivity contribution in [2.24, 2.45) is 0 Å². The van der Waals surface area contributed by atoms with Gasteiger partial charge in [-0.15, -0.1) is 0 Å². The highest BCUT2D eigenvalue weighted by molar-refractivity contribution is 5.68. The Morgan fingerprint density at radius 2 is 2.17 bits per heavy atom. The summed E-state index contributed by atoms with van der Waals surface area (Å²) in [5, 5.41) is 25.9. The molecule has 0 fully saturated rings. The van der Waals surface area contributed by atoms with E-state index in [1.807, 2.05) is 6.07 Å². The lowest BCUT2D eigenvalue weighted by molar-refractivity contribution is -0.384. The molecule has 0 bridgehead atoms. The first-order valence-corrected chi connectivity index (χ1v) is 5.82. The smallest absolute Gasteiger partial charge is 0.309 e. The maximum atomic E-state index is 10.9. The van der Waals surface area contributed by atoms with Crippen LogP contribution in [0.1, 0.15) is 18.9 Å². The lowest BCUT2D eigenvalue weighted by Crippen LogP contribution is -2.23. The van der Waals surface area contributed by atoms with E-state index in [4.69, 9.17) is 5.26 Å². The van der Waals surface area contributed by atoms with Crippen LogP contribution in [0.5, 0.6) is 0 Å². The van der Waals surface area contributed by atoms with Crippen LogP contribution in [-0.4, -0.2) is 24.6 Å². The van der Waals surface area contributed by atoms with Crippen LogP contribution in [0.4, 0.5) is 11.4 Å². The normalized spacial score (nSPS) is 9.78. The van der Waals surface area contributed by atoms with Crippen LogP contribution in [0.25, 0.3) is 0 Å². The summed E-state index contributed by atoms with van der Waals surface area (Å²) in [6.45, 7) is 4.29. The van der Waals surface area contributed by atoms with Crippen LogP contribution in [0.2, 0.25) is 0 Å². The summed E-state index contributed by atoms with van der Waals surface area (Å²) in [5.74, 6) is 0. The van der Waals surface area contributed by atoms with Gasteiger partial charge in [-0.25, -0.2) is 0 Å². The van der Waals surface area contributed by atoms with Crippen molar-refractivity contribution in [2.45, 2.75) is 13.3 Å². The van der Waals surface area contributed by atoms with E-state index in [1.54, 1.807) is 12.1 Å². The summed E-state index contributed by atoms with van der Waals surface area (Å²) in [6.07, 6.45) is 1.05. The lowest BCUT2D eigenvalue weighted by Gasteiger charge is -2.08. The average molecular weight is 248 g/mol. The Kier molecular flexibility index (Phi) is 5.61. The Bertz CT molecular complexity index is 454. The maximum absolute atomic E-state index is 10.9. The summed E-state index contributed by atoms with van der Waals surface area (Å²) >= 11 is 0. The number of nitrogens with one attached hydrogen (secondary N) is 2. The molecule has 6 heteroatoms. The molecule has 96 valence electrons. The van der Waals surface area contributed by atoms with E-state index in [0.29, 0.717) is 12.2 Å². The van der Waals surface area contributed by atoms with Gasteiger partial charge in [0.25, 0.3) is 0 Å². The van der Waals surface area contributed by atoms with Gasteiger partial charge in [-0.05, 0) is 25.1 Å². The SMILES string of the molecule is CCCNCCNc1cccc(C#N)c1[N+](=O)[O-]. The fraction of sp³-hybridized carbons (Fsp3) is 0.417. The first-order valence-electron chi connectivity index (χ1n) is 5.82. The molecule has 0 aliphatic carbocycles. The highest BCUT2D eigenvalue weighted by Gasteiger charge is 2.18. The zero-order chi connectivity index (χ0) is 13.4. The summed E-state index contributed by atoms with van der Waals surface area (Å²) < 4.78 is 0. The van der Waals surface area contributed by atoms with E-state index in [1.165, 1.54) is 6.07 Å². The number of para-hydroxylation sites is 1. The minimum absolute atomic E-state index is 0.0755. The van der Waals surface area contributed by atoms with Crippen LogP contribution < -0.4 is 10.6 Å². The Morgan fingerprint density at radius 1 is 1.39 bits per heavy atom. The molecule has 0 unspecified atom stereocenters. The summed E-state index contributed by atoms with van der Waals surface area (Å²) in [7, 11) is 0. The van der Waals surface area contributed by atoms with Crippen molar-refractivity contribution in [1.82, 2.24) is 5.32 Å².